The van der Waals surface area contributed by atoms with Gasteiger partial charge in [0.05, 0.1) is 18.1 Å². The molecule has 0 fully saturated rings. The number of nitro benzene ring substituents is 1. The van der Waals surface area contributed by atoms with Crippen molar-refractivity contribution in [2.45, 2.75) is 13.5 Å². The predicted molar refractivity (Wildman–Crippen MR) is 78.8 cm³/mol. The first-order chi connectivity index (χ1) is 10.0. The Morgan fingerprint density at radius 1 is 1.14 bits per heavy atom. The summed E-state index contributed by atoms with van der Waals surface area (Å²) in [6.07, 6.45) is 0. The maximum absolute atomic E-state index is 10.9. The van der Waals surface area contributed by atoms with Gasteiger partial charge in [0.2, 0.25) is 0 Å². The van der Waals surface area contributed by atoms with E-state index in [2.05, 4.69) is 0 Å². The monoisotopic (exact) mass is 288 g/mol. The van der Waals surface area contributed by atoms with Gasteiger partial charge in [-0.3, -0.25) is 10.1 Å². The molecule has 0 saturated carbocycles. The van der Waals surface area contributed by atoms with Crippen molar-refractivity contribution < 1.29 is 14.4 Å². The summed E-state index contributed by atoms with van der Waals surface area (Å²) in [4.78, 5) is 10.4. The molecule has 6 nitrogen and oxygen atoms in total. The Balaban J connectivity index is 2.42. The van der Waals surface area contributed by atoms with Crippen molar-refractivity contribution in [2.24, 2.45) is 5.73 Å². The fraction of sp³-hybridized carbons (Fsp3) is 0.200. The molecule has 0 atom stereocenters. The van der Waals surface area contributed by atoms with Crippen LogP contribution in [0.5, 0.6) is 17.2 Å². The summed E-state index contributed by atoms with van der Waals surface area (Å²) in [7, 11) is 1.48. The Morgan fingerprint density at radius 3 is 2.52 bits per heavy atom. The molecule has 21 heavy (non-hydrogen) atoms. The lowest BCUT2D eigenvalue weighted by atomic mass is 10.1. The molecule has 2 aromatic carbocycles. The molecule has 2 N–H and O–H groups in total. The van der Waals surface area contributed by atoms with Gasteiger partial charge in [0, 0.05) is 12.6 Å². The van der Waals surface area contributed by atoms with E-state index < -0.39 is 4.92 Å². The van der Waals surface area contributed by atoms with Crippen LogP contribution in [0.2, 0.25) is 0 Å². The normalized spacial score (nSPS) is 10.2. The van der Waals surface area contributed by atoms with Gasteiger partial charge in [0.1, 0.15) is 5.75 Å². The largest absolute Gasteiger partial charge is 0.493 e. The van der Waals surface area contributed by atoms with Gasteiger partial charge < -0.3 is 15.2 Å². The van der Waals surface area contributed by atoms with Crippen LogP contribution in [0.1, 0.15) is 11.1 Å². The summed E-state index contributed by atoms with van der Waals surface area (Å²) < 4.78 is 11.0. The van der Waals surface area contributed by atoms with E-state index in [0.717, 1.165) is 11.1 Å². The van der Waals surface area contributed by atoms with Gasteiger partial charge in [0.25, 0.3) is 5.69 Å². The minimum atomic E-state index is -0.477. The van der Waals surface area contributed by atoms with E-state index in [4.69, 9.17) is 15.2 Å². The highest BCUT2D eigenvalue weighted by Crippen LogP contribution is 2.36. The van der Waals surface area contributed by atoms with E-state index in [1.165, 1.54) is 25.3 Å². The Bertz CT molecular complexity index is 671. The number of benzene rings is 2. The smallest absolute Gasteiger partial charge is 0.273 e. The molecule has 0 aromatic heterocycles. The third-order valence-electron chi connectivity index (χ3n) is 3.07. The average molecular weight is 288 g/mol. The SMILES string of the molecule is COc1ccc([N+](=O)[O-])cc1Oc1cc(CN)ccc1C. The minimum Gasteiger partial charge on any atom is -0.493 e. The number of nitrogens with two attached hydrogens (primary N) is 1. The molecule has 0 aliphatic heterocycles. The van der Waals surface area contributed by atoms with Gasteiger partial charge in [-0.1, -0.05) is 12.1 Å². The van der Waals surface area contributed by atoms with Gasteiger partial charge in [-0.05, 0) is 30.2 Å². The van der Waals surface area contributed by atoms with E-state index in [1.54, 1.807) is 0 Å². The Labute approximate surface area is 122 Å². The summed E-state index contributed by atoms with van der Waals surface area (Å²) in [5.41, 5.74) is 7.38. The van der Waals surface area contributed by atoms with E-state index in [-0.39, 0.29) is 5.69 Å². The zero-order chi connectivity index (χ0) is 15.4. The molecular formula is C15H16N2O4. The molecule has 0 saturated heterocycles. The van der Waals surface area contributed by atoms with Gasteiger partial charge >= 0.3 is 0 Å². The topological polar surface area (TPSA) is 87.6 Å². The van der Waals surface area contributed by atoms with E-state index in [0.29, 0.717) is 23.8 Å². The van der Waals surface area contributed by atoms with Crippen LogP contribution in [0, 0.1) is 17.0 Å². The number of hydrogen-bond acceptors (Lipinski definition) is 5. The number of non-ortho nitro benzene ring substituents is 1. The molecule has 0 unspecified atom stereocenters. The van der Waals surface area contributed by atoms with Crippen LogP contribution in [0.15, 0.2) is 36.4 Å². The lowest BCUT2D eigenvalue weighted by Crippen LogP contribution is -1.98. The molecule has 6 heteroatoms. The first kappa shape index (κ1) is 14.8. The van der Waals surface area contributed by atoms with Crippen molar-refractivity contribution >= 4 is 5.69 Å². The molecule has 0 aliphatic carbocycles. The fourth-order valence-electron chi connectivity index (χ4n) is 1.86. The number of nitrogens with zero attached hydrogens (tertiary/aromatic N) is 1. The lowest BCUT2D eigenvalue weighted by Gasteiger charge is -2.13. The third-order valence-corrected chi connectivity index (χ3v) is 3.07. The number of aryl methyl sites for hydroxylation is 1. The van der Waals surface area contributed by atoms with Gasteiger partial charge in [-0.25, -0.2) is 0 Å². The molecule has 2 rings (SSSR count). The summed E-state index contributed by atoms with van der Waals surface area (Å²) in [6.45, 7) is 2.28. The summed E-state index contributed by atoms with van der Waals surface area (Å²) in [6, 6.07) is 9.83. The van der Waals surface area contributed by atoms with Crippen LogP contribution < -0.4 is 15.2 Å². The van der Waals surface area contributed by atoms with Crippen LogP contribution in [0.3, 0.4) is 0 Å². The van der Waals surface area contributed by atoms with Crippen LogP contribution in [-0.2, 0) is 6.54 Å². The summed E-state index contributed by atoms with van der Waals surface area (Å²) in [5.74, 6) is 1.32. The van der Waals surface area contributed by atoms with Gasteiger partial charge in [-0.2, -0.15) is 0 Å². The number of ether oxygens (including phenoxy) is 2. The predicted octanol–water partition coefficient (Wildman–Crippen LogP) is 3.16. The van der Waals surface area contributed by atoms with E-state index in [9.17, 15) is 10.1 Å². The van der Waals surface area contributed by atoms with E-state index >= 15 is 0 Å². The number of nitro groups is 1. The van der Waals surface area contributed by atoms with Crippen molar-refractivity contribution in [2.75, 3.05) is 7.11 Å². The van der Waals surface area contributed by atoms with Crippen molar-refractivity contribution in [3.63, 3.8) is 0 Å². The van der Waals surface area contributed by atoms with Crippen LogP contribution in [0.4, 0.5) is 5.69 Å². The highest BCUT2D eigenvalue weighted by molar-refractivity contribution is 5.51. The first-order valence-corrected chi connectivity index (χ1v) is 6.35. The van der Waals surface area contributed by atoms with Crippen molar-refractivity contribution in [1.29, 1.82) is 0 Å². The number of hydrogen-bond donors (Lipinski definition) is 1. The molecule has 0 radical (unpaired) electrons. The Morgan fingerprint density at radius 2 is 1.90 bits per heavy atom. The molecule has 0 aliphatic rings. The Kier molecular flexibility index (Phi) is 4.39. The molecule has 0 bridgehead atoms. The highest BCUT2D eigenvalue weighted by Gasteiger charge is 2.14. The average Bonchev–Trinajstić information content (AvgIpc) is 2.49. The Hall–Kier alpha value is -2.60. The zero-order valence-electron chi connectivity index (χ0n) is 11.8. The maximum Gasteiger partial charge on any atom is 0.273 e. The molecule has 2 aromatic rings. The molecule has 0 amide bonds. The molecular weight excluding hydrogens is 272 g/mol. The standard InChI is InChI=1S/C15H16N2O4/c1-10-3-4-11(9-16)7-14(10)21-15-8-12(17(18)19)5-6-13(15)20-2/h3-8H,9,16H2,1-2H3. The maximum atomic E-state index is 10.9. The second kappa shape index (κ2) is 6.23. The number of rotatable bonds is 5. The third kappa shape index (κ3) is 3.29. The second-order valence-electron chi connectivity index (χ2n) is 4.50. The number of methoxy groups -OCH3 is 1. The molecule has 110 valence electrons. The molecule has 0 heterocycles. The quantitative estimate of drug-likeness (QED) is 0.674. The van der Waals surface area contributed by atoms with Crippen LogP contribution in [0.25, 0.3) is 0 Å². The first-order valence-electron chi connectivity index (χ1n) is 6.35. The lowest BCUT2D eigenvalue weighted by molar-refractivity contribution is -0.384. The van der Waals surface area contributed by atoms with Crippen molar-refractivity contribution in [1.82, 2.24) is 0 Å². The highest BCUT2D eigenvalue weighted by atomic mass is 16.6. The fourth-order valence-corrected chi connectivity index (χ4v) is 1.86. The van der Waals surface area contributed by atoms with Gasteiger partial charge in [0.15, 0.2) is 11.5 Å². The van der Waals surface area contributed by atoms with Crippen molar-refractivity contribution in [3.8, 4) is 17.2 Å². The molecule has 0 spiro atoms. The van der Waals surface area contributed by atoms with Crippen LogP contribution >= 0.6 is 0 Å². The zero-order valence-corrected chi connectivity index (χ0v) is 11.8. The summed E-state index contributed by atoms with van der Waals surface area (Å²) >= 11 is 0. The van der Waals surface area contributed by atoms with Crippen LogP contribution in [-0.4, -0.2) is 12.0 Å². The van der Waals surface area contributed by atoms with Crippen molar-refractivity contribution in [3.05, 3.63) is 57.6 Å². The minimum absolute atomic E-state index is 0.0570. The second-order valence-corrected chi connectivity index (χ2v) is 4.50. The van der Waals surface area contributed by atoms with Gasteiger partial charge in [-0.15, -0.1) is 0 Å². The van der Waals surface area contributed by atoms with E-state index in [1.807, 2.05) is 25.1 Å². The summed E-state index contributed by atoms with van der Waals surface area (Å²) in [5, 5.41) is 10.9.